The molecule has 1 saturated carbocycles. The van der Waals surface area contributed by atoms with Gasteiger partial charge in [0.15, 0.2) is 0 Å². The summed E-state index contributed by atoms with van der Waals surface area (Å²) in [5.41, 5.74) is 6.97. The van der Waals surface area contributed by atoms with Crippen LogP contribution >= 0.6 is 0 Å². The van der Waals surface area contributed by atoms with Crippen molar-refractivity contribution in [3.8, 4) is 22.8 Å². The first-order valence-corrected chi connectivity index (χ1v) is 21.5. The molecule has 7 heterocycles. The van der Waals surface area contributed by atoms with Crippen LogP contribution in [-0.2, 0) is 21.4 Å². The van der Waals surface area contributed by atoms with E-state index < -0.39 is 29.7 Å². The molecule has 62 heavy (non-hydrogen) atoms. The van der Waals surface area contributed by atoms with E-state index in [2.05, 4.69) is 73.1 Å². The van der Waals surface area contributed by atoms with Gasteiger partial charge in [-0.1, -0.05) is 18.2 Å². The van der Waals surface area contributed by atoms with E-state index in [-0.39, 0.29) is 48.4 Å². The molecule has 3 saturated heterocycles. The summed E-state index contributed by atoms with van der Waals surface area (Å²) < 4.78 is 21.3. The molecule has 4 amide bonds. The second-order valence-corrected chi connectivity index (χ2v) is 17.0. The van der Waals surface area contributed by atoms with Crippen LogP contribution in [0.25, 0.3) is 32.9 Å². The molecule has 0 radical (unpaired) electrons. The molecule has 0 bridgehead atoms. The van der Waals surface area contributed by atoms with E-state index in [0.717, 1.165) is 88.3 Å². The molecule has 14 nitrogen and oxygen atoms in total. The molecule has 1 atom stereocenters. The number of pyridine rings is 2. The molecular weight excluding hydrogens is 787 g/mol. The van der Waals surface area contributed by atoms with Crippen molar-refractivity contribution in [2.45, 2.75) is 69.0 Å². The van der Waals surface area contributed by atoms with Gasteiger partial charge in [0.05, 0.1) is 41.9 Å². The summed E-state index contributed by atoms with van der Waals surface area (Å²) in [4.78, 5) is 64.9. The minimum absolute atomic E-state index is 0.0320. The van der Waals surface area contributed by atoms with E-state index in [4.69, 9.17) is 14.2 Å². The zero-order valence-corrected chi connectivity index (χ0v) is 34.2. The Morgan fingerprint density at radius 2 is 1.48 bits per heavy atom. The molecule has 314 valence electrons. The number of ether oxygens (including phenoxy) is 3. The van der Waals surface area contributed by atoms with Crippen LogP contribution in [0.4, 0.5) is 11.4 Å². The highest BCUT2D eigenvalue weighted by molar-refractivity contribution is 6.23. The third-order valence-corrected chi connectivity index (χ3v) is 13.2. The molecule has 3 aromatic heterocycles. The molecular formula is C48H45N7O7. The lowest BCUT2D eigenvalue weighted by molar-refractivity contribution is -0.136. The largest absolute Gasteiger partial charge is 0.487 e. The Balaban J connectivity index is 0.623. The maximum absolute atomic E-state index is 13.3. The SMILES string of the molecule is Cn1c2ccncc2c2ccc(-c3ccc(OC4CC(OC5CCN(c6cccc(OC7CN(c8ccc9c(c8)C(=O)N(C8CCC(=O)NC8=O)C9=O)C7)c6)CC5)C4)nc3)cc21. The van der Waals surface area contributed by atoms with Crippen LogP contribution in [0.1, 0.15) is 59.2 Å². The van der Waals surface area contributed by atoms with Gasteiger partial charge in [0.2, 0.25) is 17.7 Å². The molecule has 11 rings (SSSR count). The zero-order chi connectivity index (χ0) is 42.1. The van der Waals surface area contributed by atoms with Gasteiger partial charge >= 0.3 is 0 Å². The molecule has 1 aliphatic carbocycles. The van der Waals surface area contributed by atoms with Crippen LogP contribution in [0.3, 0.4) is 0 Å². The molecule has 5 aliphatic rings. The van der Waals surface area contributed by atoms with E-state index in [1.807, 2.05) is 48.9 Å². The number of piperidine rings is 2. The first kappa shape index (κ1) is 38.1. The number of benzene rings is 3. The van der Waals surface area contributed by atoms with Gasteiger partial charge in [0.25, 0.3) is 11.8 Å². The van der Waals surface area contributed by atoms with E-state index in [0.29, 0.717) is 19.0 Å². The minimum atomic E-state index is -0.985. The summed E-state index contributed by atoms with van der Waals surface area (Å²) in [6.07, 6.45) is 9.98. The Bertz CT molecular complexity index is 2770. The lowest BCUT2D eigenvalue weighted by Crippen LogP contribution is -2.54. The second-order valence-electron chi connectivity index (χ2n) is 17.0. The monoisotopic (exact) mass is 831 g/mol. The number of hydrogen-bond donors (Lipinski definition) is 1. The van der Waals surface area contributed by atoms with Crippen molar-refractivity contribution in [3.63, 3.8) is 0 Å². The highest BCUT2D eigenvalue weighted by atomic mass is 16.5. The normalized spacial score (nSPS) is 21.9. The minimum Gasteiger partial charge on any atom is -0.487 e. The lowest BCUT2D eigenvalue weighted by Gasteiger charge is -2.41. The van der Waals surface area contributed by atoms with Crippen LogP contribution in [0, 0.1) is 0 Å². The van der Waals surface area contributed by atoms with Crippen LogP contribution in [-0.4, -0.2) is 99.7 Å². The zero-order valence-electron chi connectivity index (χ0n) is 34.2. The number of aryl methyl sites for hydroxylation is 1. The van der Waals surface area contributed by atoms with Crippen LogP contribution < -0.4 is 24.6 Å². The van der Waals surface area contributed by atoms with E-state index >= 15 is 0 Å². The van der Waals surface area contributed by atoms with Gasteiger partial charge in [-0.25, -0.2) is 4.98 Å². The Hall–Kier alpha value is -6.80. The third kappa shape index (κ3) is 6.88. The smallest absolute Gasteiger partial charge is 0.262 e. The van der Waals surface area contributed by atoms with Gasteiger partial charge in [0.1, 0.15) is 24.0 Å². The number of nitrogens with zero attached hydrogens (tertiary/aromatic N) is 6. The number of rotatable bonds is 10. The summed E-state index contributed by atoms with van der Waals surface area (Å²) in [5.74, 6) is -0.581. The Labute approximate surface area is 357 Å². The van der Waals surface area contributed by atoms with Crippen molar-refractivity contribution in [3.05, 3.63) is 109 Å². The summed E-state index contributed by atoms with van der Waals surface area (Å²) in [6, 6.07) is 25.0. The summed E-state index contributed by atoms with van der Waals surface area (Å²) in [7, 11) is 2.09. The second kappa shape index (κ2) is 15.3. The number of imide groups is 2. The first-order valence-electron chi connectivity index (χ1n) is 21.5. The number of amides is 4. The standard InChI is InChI=1S/C48H45N7O7/c1-52-41-13-16-49-25-40(41)37-8-5-28(19-43(37)52)29-6-12-45(50-24-29)62-35-22-34(23-35)60-32-14-17-53(18-15-32)30-3-2-4-33(20-30)61-36-26-54(27-36)31-7-9-38-39(21-31)48(59)55(47(38)58)42-10-11-44(56)51-46(42)57/h2-9,12-13,16,19-21,24-25,32,34-36,42H,10-11,14-15,17-18,22-23,26-27H2,1H3,(H,51,56,57). The van der Waals surface area contributed by atoms with Crippen molar-refractivity contribution >= 4 is 56.8 Å². The first-order chi connectivity index (χ1) is 30.2. The summed E-state index contributed by atoms with van der Waals surface area (Å²) in [6.45, 7) is 3.06. The molecule has 1 N–H and O–H groups in total. The number of anilines is 2. The van der Waals surface area contributed by atoms with Gasteiger partial charge < -0.3 is 28.6 Å². The van der Waals surface area contributed by atoms with E-state index in [1.54, 1.807) is 12.1 Å². The fourth-order valence-electron chi connectivity index (χ4n) is 9.60. The number of aromatic nitrogens is 3. The average molecular weight is 832 g/mol. The predicted octanol–water partition coefficient (Wildman–Crippen LogP) is 6.05. The maximum Gasteiger partial charge on any atom is 0.262 e. The Morgan fingerprint density at radius 3 is 2.29 bits per heavy atom. The highest BCUT2D eigenvalue weighted by Crippen LogP contribution is 2.36. The predicted molar refractivity (Wildman–Crippen MR) is 231 cm³/mol. The van der Waals surface area contributed by atoms with Gasteiger partial charge in [-0.2, -0.15) is 0 Å². The lowest BCUT2D eigenvalue weighted by atomic mass is 9.91. The molecule has 14 heteroatoms. The maximum atomic E-state index is 13.3. The van der Waals surface area contributed by atoms with Crippen molar-refractivity contribution < 1.29 is 33.4 Å². The van der Waals surface area contributed by atoms with Crippen molar-refractivity contribution in [2.24, 2.45) is 7.05 Å². The quantitative estimate of drug-likeness (QED) is 0.161. The summed E-state index contributed by atoms with van der Waals surface area (Å²) >= 11 is 0. The molecule has 0 spiro atoms. The average Bonchev–Trinajstić information content (AvgIpc) is 3.69. The molecule has 1 unspecified atom stereocenters. The van der Waals surface area contributed by atoms with Gasteiger partial charge in [0, 0.05) is 103 Å². The van der Waals surface area contributed by atoms with Gasteiger partial charge in [-0.15, -0.1) is 0 Å². The number of fused-ring (bicyclic) bond motifs is 4. The Morgan fingerprint density at radius 1 is 0.677 bits per heavy atom. The Kier molecular flexibility index (Phi) is 9.40. The fourth-order valence-corrected chi connectivity index (χ4v) is 9.60. The fraction of sp³-hybridized carbons (Fsp3) is 0.333. The van der Waals surface area contributed by atoms with Gasteiger partial charge in [-0.3, -0.25) is 34.4 Å². The molecule has 4 fully saturated rings. The van der Waals surface area contributed by atoms with Crippen molar-refractivity contribution in [1.82, 2.24) is 24.8 Å². The molecule has 6 aromatic rings. The highest BCUT2D eigenvalue weighted by Gasteiger charge is 2.45. The topological polar surface area (TPSA) is 148 Å². The number of hydrogen-bond acceptors (Lipinski definition) is 11. The van der Waals surface area contributed by atoms with Crippen LogP contribution in [0.15, 0.2) is 97.5 Å². The van der Waals surface area contributed by atoms with Crippen molar-refractivity contribution in [2.75, 3.05) is 36.0 Å². The number of carbonyl (C=O) groups excluding carboxylic acids is 4. The van der Waals surface area contributed by atoms with Crippen LogP contribution in [0.2, 0.25) is 0 Å². The van der Waals surface area contributed by atoms with Crippen molar-refractivity contribution in [1.29, 1.82) is 0 Å². The van der Waals surface area contributed by atoms with Crippen LogP contribution in [0.5, 0.6) is 11.6 Å². The summed E-state index contributed by atoms with van der Waals surface area (Å²) in [5, 5.41) is 4.58. The van der Waals surface area contributed by atoms with Gasteiger partial charge in [-0.05, 0) is 73.4 Å². The van der Waals surface area contributed by atoms with E-state index in [9.17, 15) is 19.2 Å². The molecule has 4 aliphatic heterocycles. The van der Waals surface area contributed by atoms with E-state index in [1.165, 1.54) is 5.39 Å². The molecule has 3 aromatic carbocycles. The number of nitrogens with one attached hydrogen (secondary N) is 1. The number of carbonyl (C=O) groups is 4. The third-order valence-electron chi connectivity index (χ3n) is 13.2.